The van der Waals surface area contributed by atoms with Gasteiger partial charge in [-0.3, -0.25) is 0 Å². The zero-order valence-corrected chi connectivity index (χ0v) is 9.21. The second kappa shape index (κ2) is 4.72. The normalized spacial score (nSPS) is 10.9. The summed E-state index contributed by atoms with van der Waals surface area (Å²) >= 11 is 5.96. The lowest BCUT2D eigenvalue weighted by atomic mass is 10.2. The van der Waals surface area contributed by atoms with E-state index in [2.05, 4.69) is 9.97 Å². The van der Waals surface area contributed by atoms with Crippen molar-refractivity contribution >= 4 is 22.5 Å². The van der Waals surface area contributed by atoms with E-state index in [0.29, 0.717) is 34.7 Å². The van der Waals surface area contributed by atoms with E-state index in [9.17, 15) is 4.39 Å². The molecule has 1 heterocycles. The van der Waals surface area contributed by atoms with Crippen LogP contribution in [-0.4, -0.2) is 21.7 Å². The third-order valence-electron chi connectivity index (χ3n) is 2.22. The molecule has 0 spiro atoms. The summed E-state index contributed by atoms with van der Waals surface area (Å²) in [7, 11) is 0. The Kier molecular flexibility index (Phi) is 3.31. The Morgan fingerprint density at radius 1 is 1.31 bits per heavy atom. The first-order valence-corrected chi connectivity index (χ1v) is 5.31. The first-order chi connectivity index (χ1) is 7.70. The van der Waals surface area contributed by atoms with E-state index in [1.54, 1.807) is 6.07 Å². The lowest BCUT2D eigenvalue weighted by Gasteiger charge is -2.03. The summed E-state index contributed by atoms with van der Waals surface area (Å²) in [6.07, 6.45) is 1.10. The van der Waals surface area contributed by atoms with Crippen LogP contribution in [-0.2, 0) is 6.42 Å². The molecule has 16 heavy (non-hydrogen) atoms. The lowest BCUT2D eigenvalue weighted by molar-refractivity contribution is 0.287. The SMILES string of the molecule is OCCCc1nc(Cl)c2ccc(F)cc2n1. The van der Waals surface area contributed by atoms with E-state index in [1.807, 2.05) is 0 Å². The molecule has 0 aliphatic carbocycles. The van der Waals surface area contributed by atoms with E-state index in [-0.39, 0.29) is 12.4 Å². The molecule has 0 radical (unpaired) electrons. The third-order valence-corrected chi connectivity index (χ3v) is 2.51. The minimum absolute atomic E-state index is 0.0716. The summed E-state index contributed by atoms with van der Waals surface area (Å²) < 4.78 is 13.0. The number of aliphatic hydroxyl groups is 1. The number of fused-ring (bicyclic) bond motifs is 1. The van der Waals surface area contributed by atoms with E-state index in [0.717, 1.165) is 0 Å². The summed E-state index contributed by atoms with van der Waals surface area (Å²) in [5.41, 5.74) is 0.493. The van der Waals surface area contributed by atoms with Crippen LogP contribution in [0.25, 0.3) is 10.9 Å². The van der Waals surface area contributed by atoms with E-state index < -0.39 is 0 Å². The summed E-state index contributed by atoms with van der Waals surface area (Å²) in [6.45, 7) is 0.0716. The molecule has 0 bridgehead atoms. The molecular formula is C11H10ClFN2O. The van der Waals surface area contributed by atoms with Gasteiger partial charge in [-0.25, -0.2) is 14.4 Å². The Hall–Kier alpha value is -1.26. The summed E-state index contributed by atoms with van der Waals surface area (Å²) in [5, 5.41) is 9.66. The average molecular weight is 241 g/mol. The maximum Gasteiger partial charge on any atom is 0.140 e. The quantitative estimate of drug-likeness (QED) is 0.838. The number of aliphatic hydroxyl groups excluding tert-OH is 1. The Balaban J connectivity index is 2.47. The van der Waals surface area contributed by atoms with Crippen molar-refractivity contribution in [2.75, 3.05) is 6.61 Å². The highest BCUT2D eigenvalue weighted by Gasteiger charge is 2.06. The van der Waals surface area contributed by atoms with Crippen LogP contribution in [0.2, 0.25) is 5.15 Å². The number of aryl methyl sites for hydroxylation is 1. The number of hydrogen-bond acceptors (Lipinski definition) is 3. The predicted octanol–water partition coefficient (Wildman–Crippen LogP) is 2.35. The molecule has 0 unspecified atom stereocenters. The van der Waals surface area contributed by atoms with Crippen molar-refractivity contribution in [3.8, 4) is 0 Å². The van der Waals surface area contributed by atoms with Gasteiger partial charge in [0.15, 0.2) is 0 Å². The van der Waals surface area contributed by atoms with Gasteiger partial charge in [-0.2, -0.15) is 0 Å². The molecule has 0 atom stereocenters. The molecule has 5 heteroatoms. The second-order valence-corrected chi connectivity index (χ2v) is 3.78. The van der Waals surface area contributed by atoms with Crippen molar-refractivity contribution in [1.29, 1.82) is 0 Å². The minimum Gasteiger partial charge on any atom is -0.396 e. The van der Waals surface area contributed by atoms with Crippen LogP contribution >= 0.6 is 11.6 Å². The van der Waals surface area contributed by atoms with Gasteiger partial charge in [0.25, 0.3) is 0 Å². The second-order valence-electron chi connectivity index (χ2n) is 3.42. The van der Waals surface area contributed by atoms with Gasteiger partial charge in [-0.15, -0.1) is 0 Å². The van der Waals surface area contributed by atoms with E-state index in [1.165, 1.54) is 12.1 Å². The van der Waals surface area contributed by atoms with Gasteiger partial charge in [0, 0.05) is 24.5 Å². The minimum atomic E-state index is -0.352. The Labute approximate surface area is 96.9 Å². The van der Waals surface area contributed by atoms with Crippen molar-refractivity contribution in [3.63, 3.8) is 0 Å². The molecule has 2 rings (SSSR count). The van der Waals surface area contributed by atoms with Crippen molar-refractivity contribution in [2.24, 2.45) is 0 Å². The number of halogens is 2. The average Bonchev–Trinajstić information content (AvgIpc) is 2.25. The number of hydrogen-bond donors (Lipinski definition) is 1. The molecule has 84 valence electrons. The molecule has 2 aromatic rings. The maximum atomic E-state index is 13.0. The lowest BCUT2D eigenvalue weighted by Crippen LogP contribution is -1.98. The molecule has 1 aromatic carbocycles. The van der Waals surface area contributed by atoms with E-state index in [4.69, 9.17) is 16.7 Å². The zero-order valence-electron chi connectivity index (χ0n) is 8.45. The molecule has 0 aliphatic rings. The van der Waals surface area contributed by atoms with Crippen LogP contribution in [0, 0.1) is 5.82 Å². The molecule has 0 fully saturated rings. The van der Waals surface area contributed by atoms with Gasteiger partial charge in [0.2, 0.25) is 0 Å². The van der Waals surface area contributed by atoms with Crippen molar-refractivity contribution in [2.45, 2.75) is 12.8 Å². The van der Waals surface area contributed by atoms with Crippen LogP contribution in [0.1, 0.15) is 12.2 Å². The van der Waals surface area contributed by atoms with Crippen LogP contribution in [0.5, 0.6) is 0 Å². The molecule has 0 saturated carbocycles. The van der Waals surface area contributed by atoms with Crippen LogP contribution < -0.4 is 0 Å². The van der Waals surface area contributed by atoms with Gasteiger partial charge in [0.05, 0.1) is 5.52 Å². The van der Waals surface area contributed by atoms with Gasteiger partial charge in [0.1, 0.15) is 16.8 Å². The largest absolute Gasteiger partial charge is 0.396 e. The fourth-order valence-corrected chi connectivity index (χ4v) is 1.72. The molecule has 1 N–H and O–H groups in total. The van der Waals surface area contributed by atoms with Crippen molar-refractivity contribution in [1.82, 2.24) is 9.97 Å². The summed E-state index contributed by atoms with van der Waals surface area (Å²) in [4.78, 5) is 8.28. The van der Waals surface area contributed by atoms with Gasteiger partial charge in [-0.05, 0) is 18.6 Å². The first kappa shape index (κ1) is 11.2. The highest BCUT2D eigenvalue weighted by atomic mass is 35.5. The summed E-state index contributed by atoms with van der Waals surface area (Å²) in [5.74, 6) is 0.174. The van der Waals surface area contributed by atoms with Gasteiger partial charge >= 0.3 is 0 Å². The smallest absolute Gasteiger partial charge is 0.140 e. The fourth-order valence-electron chi connectivity index (χ4n) is 1.46. The molecule has 0 amide bonds. The highest BCUT2D eigenvalue weighted by molar-refractivity contribution is 6.34. The van der Waals surface area contributed by atoms with Gasteiger partial charge in [-0.1, -0.05) is 11.6 Å². The third kappa shape index (κ3) is 2.28. The topological polar surface area (TPSA) is 46.0 Å². The van der Waals surface area contributed by atoms with Crippen LogP contribution in [0.4, 0.5) is 4.39 Å². The van der Waals surface area contributed by atoms with Crippen LogP contribution in [0.3, 0.4) is 0 Å². The zero-order chi connectivity index (χ0) is 11.5. The maximum absolute atomic E-state index is 13.0. The Bertz CT molecular complexity index is 519. The molecular weight excluding hydrogens is 231 g/mol. The van der Waals surface area contributed by atoms with E-state index >= 15 is 0 Å². The monoisotopic (exact) mass is 240 g/mol. The molecule has 3 nitrogen and oxygen atoms in total. The van der Waals surface area contributed by atoms with Crippen LogP contribution in [0.15, 0.2) is 18.2 Å². The number of nitrogens with zero attached hydrogens (tertiary/aromatic N) is 2. The molecule has 0 aliphatic heterocycles. The van der Waals surface area contributed by atoms with Crippen molar-refractivity contribution in [3.05, 3.63) is 35.0 Å². The Morgan fingerprint density at radius 2 is 2.12 bits per heavy atom. The highest BCUT2D eigenvalue weighted by Crippen LogP contribution is 2.21. The Morgan fingerprint density at radius 3 is 2.88 bits per heavy atom. The summed E-state index contributed by atoms with van der Waals surface area (Å²) in [6, 6.07) is 4.21. The number of benzene rings is 1. The number of aromatic nitrogens is 2. The van der Waals surface area contributed by atoms with Crippen molar-refractivity contribution < 1.29 is 9.50 Å². The fraction of sp³-hybridized carbons (Fsp3) is 0.273. The first-order valence-electron chi connectivity index (χ1n) is 4.93. The standard InChI is InChI=1S/C11H10ClFN2O/c12-11-8-4-3-7(13)6-9(8)14-10(15-11)2-1-5-16/h3-4,6,16H,1-2,5H2. The van der Waals surface area contributed by atoms with Gasteiger partial charge < -0.3 is 5.11 Å². The number of rotatable bonds is 3. The molecule has 0 saturated heterocycles. The molecule has 1 aromatic heterocycles. The predicted molar refractivity (Wildman–Crippen MR) is 59.9 cm³/mol.